The van der Waals surface area contributed by atoms with Crippen molar-refractivity contribution < 1.29 is 19.4 Å². The van der Waals surface area contributed by atoms with Crippen molar-refractivity contribution >= 4 is 39.7 Å². The average Bonchev–Trinajstić information content (AvgIpc) is 2.60. The van der Waals surface area contributed by atoms with Gasteiger partial charge in [-0.05, 0) is 70.7 Å². The summed E-state index contributed by atoms with van der Waals surface area (Å²) in [6, 6.07) is 6.77. The number of nitrogens with one attached hydrogen (secondary N) is 1. The lowest BCUT2D eigenvalue weighted by Crippen LogP contribution is -2.24. The number of methoxy groups -OCH3 is 1. The molecule has 0 radical (unpaired) electrons. The summed E-state index contributed by atoms with van der Waals surface area (Å²) in [5.41, 5.74) is 4.77. The van der Waals surface area contributed by atoms with Crippen LogP contribution in [0.5, 0.6) is 17.2 Å². The van der Waals surface area contributed by atoms with Gasteiger partial charge in [0.15, 0.2) is 18.1 Å². The number of phenols is 1. The molecule has 2 rings (SSSR count). The monoisotopic (exact) mass is 440 g/mol. The molecule has 6 nitrogen and oxygen atoms in total. The van der Waals surface area contributed by atoms with Crippen molar-refractivity contribution in [1.29, 1.82) is 0 Å². The third-order valence-electron chi connectivity index (χ3n) is 3.45. The number of hydrazone groups is 1. The van der Waals surface area contributed by atoms with Gasteiger partial charge in [-0.15, -0.1) is 0 Å². The van der Waals surface area contributed by atoms with Gasteiger partial charge >= 0.3 is 0 Å². The Morgan fingerprint density at radius 3 is 2.58 bits per heavy atom. The molecule has 0 aliphatic carbocycles. The first-order valence-electron chi connectivity index (χ1n) is 7.59. The van der Waals surface area contributed by atoms with Gasteiger partial charge in [0, 0.05) is 5.02 Å². The van der Waals surface area contributed by atoms with Crippen molar-refractivity contribution in [2.24, 2.45) is 5.10 Å². The molecule has 0 aliphatic heterocycles. The number of carbonyl (C=O) groups excluding carboxylic acids is 1. The number of ether oxygens (including phenoxy) is 2. The van der Waals surface area contributed by atoms with E-state index in [1.54, 1.807) is 24.3 Å². The van der Waals surface area contributed by atoms with Gasteiger partial charge in [0.05, 0.1) is 17.8 Å². The molecule has 0 spiro atoms. The maximum atomic E-state index is 11.8. The van der Waals surface area contributed by atoms with Crippen LogP contribution in [0, 0.1) is 13.8 Å². The number of aromatic hydroxyl groups is 1. The first-order valence-corrected chi connectivity index (χ1v) is 8.77. The van der Waals surface area contributed by atoms with E-state index in [1.807, 2.05) is 13.8 Å². The standard InChI is InChI=1S/C18H18BrClN2O4/c1-10-4-13(5-11(2)17(10)20)26-9-16(23)22-21-8-12-6-14(19)18(24)15(7-12)25-3/h4-8,24H,9H2,1-3H3,(H,22,23). The van der Waals surface area contributed by atoms with Crippen LogP contribution >= 0.6 is 27.5 Å². The lowest BCUT2D eigenvalue weighted by atomic mass is 10.1. The second-order valence-electron chi connectivity index (χ2n) is 5.51. The highest BCUT2D eigenvalue weighted by molar-refractivity contribution is 9.10. The van der Waals surface area contributed by atoms with E-state index in [1.165, 1.54) is 13.3 Å². The number of hydrogen-bond donors (Lipinski definition) is 2. The molecule has 0 unspecified atom stereocenters. The van der Waals surface area contributed by atoms with Gasteiger partial charge < -0.3 is 14.6 Å². The summed E-state index contributed by atoms with van der Waals surface area (Å²) in [6.07, 6.45) is 1.43. The van der Waals surface area contributed by atoms with Crippen LogP contribution in [0.25, 0.3) is 0 Å². The van der Waals surface area contributed by atoms with Crippen LogP contribution in [0.1, 0.15) is 16.7 Å². The van der Waals surface area contributed by atoms with Crippen LogP contribution in [-0.4, -0.2) is 30.9 Å². The Labute approximate surface area is 164 Å². The second-order valence-corrected chi connectivity index (χ2v) is 6.74. The van der Waals surface area contributed by atoms with Crippen LogP contribution in [0.2, 0.25) is 5.02 Å². The summed E-state index contributed by atoms with van der Waals surface area (Å²) < 4.78 is 11.0. The summed E-state index contributed by atoms with van der Waals surface area (Å²) in [5, 5.41) is 14.3. The molecule has 0 atom stereocenters. The molecule has 0 saturated carbocycles. The molecule has 8 heteroatoms. The average molecular weight is 442 g/mol. The van der Waals surface area contributed by atoms with Crippen molar-refractivity contribution in [3.8, 4) is 17.2 Å². The van der Waals surface area contributed by atoms with Crippen molar-refractivity contribution in [3.63, 3.8) is 0 Å². The van der Waals surface area contributed by atoms with Gasteiger partial charge in [0.1, 0.15) is 5.75 Å². The summed E-state index contributed by atoms with van der Waals surface area (Å²) in [6.45, 7) is 3.56. The quantitative estimate of drug-likeness (QED) is 0.525. The van der Waals surface area contributed by atoms with E-state index in [2.05, 4.69) is 26.5 Å². The largest absolute Gasteiger partial charge is 0.503 e. The van der Waals surface area contributed by atoms with Crippen LogP contribution in [-0.2, 0) is 4.79 Å². The first-order chi connectivity index (χ1) is 12.3. The fourth-order valence-electron chi connectivity index (χ4n) is 2.17. The molecular weight excluding hydrogens is 424 g/mol. The molecule has 138 valence electrons. The molecule has 1 amide bonds. The highest BCUT2D eigenvalue weighted by atomic mass is 79.9. The Kier molecular flexibility index (Phi) is 6.88. The lowest BCUT2D eigenvalue weighted by Gasteiger charge is -2.09. The van der Waals surface area contributed by atoms with E-state index < -0.39 is 5.91 Å². The lowest BCUT2D eigenvalue weighted by molar-refractivity contribution is -0.123. The minimum atomic E-state index is -0.406. The molecule has 2 N–H and O–H groups in total. The molecule has 2 aromatic carbocycles. The molecule has 0 bridgehead atoms. The molecule has 2 aromatic rings. The smallest absolute Gasteiger partial charge is 0.277 e. The molecule has 26 heavy (non-hydrogen) atoms. The van der Waals surface area contributed by atoms with Crippen LogP contribution in [0.4, 0.5) is 0 Å². The predicted molar refractivity (Wildman–Crippen MR) is 105 cm³/mol. The first kappa shape index (κ1) is 20.1. The number of phenolic OH excluding ortho intramolecular Hbond substituents is 1. The van der Waals surface area contributed by atoms with Crippen LogP contribution in [0.3, 0.4) is 0 Å². The minimum Gasteiger partial charge on any atom is -0.503 e. The number of rotatable bonds is 6. The molecule has 0 aromatic heterocycles. The fraction of sp³-hybridized carbons (Fsp3) is 0.222. The molecule has 0 heterocycles. The zero-order chi connectivity index (χ0) is 19.3. The Morgan fingerprint density at radius 2 is 1.96 bits per heavy atom. The van der Waals surface area contributed by atoms with E-state index in [9.17, 15) is 9.90 Å². The summed E-state index contributed by atoms with van der Waals surface area (Å²) in [4.78, 5) is 11.8. The SMILES string of the molecule is COc1cc(C=NNC(=O)COc2cc(C)c(Cl)c(C)c2)cc(Br)c1O. The van der Waals surface area contributed by atoms with Gasteiger partial charge in [-0.3, -0.25) is 4.79 Å². The number of amides is 1. The highest BCUT2D eigenvalue weighted by Gasteiger charge is 2.08. The van der Waals surface area contributed by atoms with Gasteiger partial charge in [0.25, 0.3) is 5.91 Å². The topological polar surface area (TPSA) is 80.2 Å². The Morgan fingerprint density at radius 1 is 1.31 bits per heavy atom. The molecule has 0 saturated heterocycles. The van der Waals surface area contributed by atoms with Crippen molar-refractivity contribution in [3.05, 3.63) is 50.5 Å². The third-order valence-corrected chi connectivity index (χ3v) is 4.65. The second kappa shape index (κ2) is 8.91. The normalized spacial score (nSPS) is 10.8. The summed E-state index contributed by atoms with van der Waals surface area (Å²) >= 11 is 9.32. The number of benzene rings is 2. The number of halogens is 2. The van der Waals surface area contributed by atoms with Gasteiger partial charge in [-0.1, -0.05) is 11.6 Å². The number of nitrogens with zero attached hydrogens (tertiary/aromatic N) is 1. The molecule has 0 fully saturated rings. The number of hydrogen-bond acceptors (Lipinski definition) is 5. The zero-order valence-electron chi connectivity index (χ0n) is 14.5. The van der Waals surface area contributed by atoms with Crippen LogP contribution < -0.4 is 14.9 Å². The van der Waals surface area contributed by atoms with Crippen molar-refractivity contribution in [2.45, 2.75) is 13.8 Å². The predicted octanol–water partition coefficient (Wildman–Crippen LogP) is 3.96. The van der Waals surface area contributed by atoms with Crippen molar-refractivity contribution in [1.82, 2.24) is 5.43 Å². The Bertz CT molecular complexity index is 832. The summed E-state index contributed by atoms with van der Waals surface area (Å²) in [7, 11) is 1.45. The van der Waals surface area contributed by atoms with Gasteiger partial charge in [-0.25, -0.2) is 5.43 Å². The fourth-order valence-corrected chi connectivity index (χ4v) is 2.74. The zero-order valence-corrected chi connectivity index (χ0v) is 16.8. The minimum absolute atomic E-state index is 0.00404. The van der Waals surface area contributed by atoms with E-state index in [4.69, 9.17) is 21.1 Å². The maximum Gasteiger partial charge on any atom is 0.277 e. The van der Waals surface area contributed by atoms with E-state index in [-0.39, 0.29) is 12.4 Å². The van der Waals surface area contributed by atoms with Gasteiger partial charge in [-0.2, -0.15) is 5.10 Å². The number of aryl methyl sites for hydroxylation is 2. The Balaban J connectivity index is 1.93. The van der Waals surface area contributed by atoms with E-state index in [0.29, 0.717) is 26.6 Å². The van der Waals surface area contributed by atoms with Gasteiger partial charge in [0.2, 0.25) is 0 Å². The third kappa shape index (κ3) is 5.12. The van der Waals surface area contributed by atoms with E-state index in [0.717, 1.165) is 11.1 Å². The highest BCUT2D eigenvalue weighted by Crippen LogP contribution is 2.34. The number of carbonyl (C=O) groups is 1. The van der Waals surface area contributed by atoms with Crippen molar-refractivity contribution in [2.75, 3.05) is 13.7 Å². The van der Waals surface area contributed by atoms with Crippen LogP contribution in [0.15, 0.2) is 33.8 Å². The van der Waals surface area contributed by atoms with E-state index >= 15 is 0 Å². The molecule has 0 aliphatic rings. The molecular formula is C18H18BrClN2O4. The maximum absolute atomic E-state index is 11.8. The Hall–Kier alpha value is -2.25. The summed E-state index contributed by atoms with van der Waals surface area (Å²) in [5.74, 6) is 0.451.